The Morgan fingerprint density at radius 3 is 2.54 bits per heavy atom. The van der Waals surface area contributed by atoms with Crippen LogP contribution in [0.25, 0.3) is 11.3 Å². The van der Waals surface area contributed by atoms with Gasteiger partial charge >= 0.3 is 5.69 Å². The van der Waals surface area contributed by atoms with E-state index in [1.165, 1.54) is 12.3 Å². The summed E-state index contributed by atoms with van der Waals surface area (Å²) >= 11 is 0. The maximum absolute atomic E-state index is 11.1. The molecule has 0 unspecified atom stereocenters. The second kappa shape index (κ2) is 7.21. The molecule has 10 nitrogen and oxygen atoms in total. The van der Waals surface area contributed by atoms with Crippen molar-refractivity contribution in [3.05, 3.63) is 80.5 Å². The Labute approximate surface area is 146 Å². The minimum Gasteiger partial charge on any atom is -0.277 e. The molecule has 0 bridgehead atoms. The Bertz CT molecular complexity index is 983. The molecule has 0 fully saturated rings. The number of nitro benzene ring substituents is 2. The molecule has 0 aliphatic heterocycles. The van der Waals surface area contributed by atoms with Crippen molar-refractivity contribution in [2.45, 2.75) is 0 Å². The van der Waals surface area contributed by atoms with E-state index < -0.39 is 15.5 Å². The van der Waals surface area contributed by atoms with E-state index in [1.807, 2.05) is 30.3 Å². The Morgan fingerprint density at radius 2 is 1.85 bits per heavy atom. The number of aromatic amines is 1. The van der Waals surface area contributed by atoms with E-state index in [4.69, 9.17) is 0 Å². The Hall–Kier alpha value is -4.08. The molecular weight excluding hydrogens is 340 g/mol. The molecule has 0 radical (unpaired) electrons. The molecule has 0 amide bonds. The summed E-state index contributed by atoms with van der Waals surface area (Å²) in [7, 11) is 0. The number of nitro groups is 2. The van der Waals surface area contributed by atoms with Crippen molar-refractivity contribution in [1.82, 2.24) is 10.2 Å². The van der Waals surface area contributed by atoms with Crippen LogP contribution >= 0.6 is 0 Å². The number of hydrogen-bond acceptors (Lipinski definition) is 7. The molecule has 0 aliphatic carbocycles. The van der Waals surface area contributed by atoms with Gasteiger partial charge in [0, 0.05) is 17.2 Å². The highest BCUT2D eigenvalue weighted by molar-refractivity contribution is 5.89. The Kier molecular flexibility index (Phi) is 4.65. The first-order chi connectivity index (χ1) is 12.6. The van der Waals surface area contributed by atoms with Gasteiger partial charge in [-0.05, 0) is 6.07 Å². The molecule has 2 N–H and O–H groups in total. The van der Waals surface area contributed by atoms with Crippen molar-refractivity contribution in [1.29, 1.82) is 0 Å². The lowest BCUT2D eigenvalue weighted by atomic mass is 10.1. The van der Waals surface area contributed by atoms with Crippen LogP contribution < -0.4 is 5.43 Å². The van der Waals surface area contributed by atoms with E-state index in [2.05, 4.69) is 20.7 Å². The highest BCUT2D eigenvalue weighted by Gasteiger charge is 2.19. The number of non-ortho nitro benzene ring substituents is 1. The van der Waals surface area contributed by atoms with Crippen LogP contribution in [0.15, 0.2) is 59.8 Å². The van der Waals surface area contributed by atoms with Gasteiger partial charge in [0.05, 0.1) is 34.0 Å². The molecule has 10 heteroatoms. The molecule has 0 atom stereocenters. The van der Waals surface area contributed by atoms with Gasteiger partial charge in [-0.3, -0.25) is 30.8 Å². The molecular formula is C16H12N6O4. The van der Waals surface area contributed by atoms with Crippen molar-refractivity contribution in [2.24, 2.45) is 5.10 Å². The lowest BCUT2D eigenvalue weighted by Crippen LogP contribution is -1.98. The van der Waals surface area contributed by atoms with E-state index >= 15 is 0 Å². The van der Waals surface area contributed by atoms with Crippen LogP contribution in [0.4, 0.5) is 17.1 Å². The van der Waals surface area contributed by atoms with E-state index in [1.54, 1.807) is 6.20 Å². The first kappa shape index (κ1) is 16.8. The largest absolute Gasteiger partial charge is 0.301 e. The van der Waals surface area contributed by atoms with Gasteiger partial charge in [0.15, 0.2) is 0 Å². The van der Waals surface area contributed by atoms with Gasteiger partial charge in [-0.25, -0.2) is 0 Å². The predicted molar refractivity (Wildman–Crippen MR) is 95.0 cm³/mol. The van der Waals surface area contributed by atoms with E-state index in [0.717, 1.165) is 23.4 Å². The van der Waals surface area contributed by atoms with Crippen molar-refractivity contribution >= 4 is 23.3 Å². The normalized spacial score (nSPS) is 10.8. The zero-order chi connectivity index (χ0) is 18.5. The van der Waals surface area contributed by atoms with Crippen LogP contribution in [0.1, 0.15) is 5.56 Å². The van der Waals surface area contributed by atoms with E-state index in [9.17, 15) is 20.2 Å². The van der Waals surface area contributed by atoms with Crippen molar-refractivity contribution in [3.63, 3.8) is 0 Å². The molecule has 0 aliphatic rings. The predicted octanol–water partition coefficient (Wildman–Crippen LogP) is 3.34. The topological polar surface area (TPSA) is 139 Å². The first-order valence-corrected chi connectivity index (χ1v) is 7.37. The zero-order valence-corrected chi connectivity index (χ0v) is 13.2. The number of nitrogens with zero attached hydrogens (tertiary/aromatic N) is 4. The van der Waals surface area contributed by atoms with Gasteiger partial charge in [0.2, 0.25) is 0 Å². The number of H-pyrrole nitrogens is 1. The summed E-state index contributed by atoms with van der Waals surface area (Å²) in [6.07, 6.45) is 3.02. The van der Waals surface area contributed by atoms with Gasteiger partial charge in [-0.2, -0.15) is 10.2 Å². The standard InChI is InChI=1S/C16H12N6O4/c23-21(24)13-6-7-14(15(8-13)22(25)26)19-17-9-12-10-18-20-16(12)11-4-2-1-3-5-11/h1-10,19H,(H,18,20)/b17-9+. The minimum atomic E-state index is -0.710. The summed E-state index contributed by atoms with van der Waals surface area (Å²) in [6, 6.07) is 12.7. The van der Waals surface area contributed by atoms with Gasteiger partial charge in [-0.15, -0.1) is 0 Å². The number of hydrazone groups is 1. The maximum atomic E-state index is 11.1. The third kappa shape index (κ3) is 3.53. The number of hydrogen-bond donors (Lipinski definition) is 2. The summed E-state index contributed by atoms with van der Waals surface area (Å²) in [4.78, 5) is 20.4. The van der Waals surface area contributed by atoms with Gasteiger partial charge in [0.25, 0.3) is 5.69 Å². The number of anilines is 1. The molecule has 1 aromatic heterocycles. The summed E-state index contributed by atoms with van der Waals surface area (Å²) in [6.45, 7) is 0. The second-order valence-electron chi connectivity index (χ2n) is 5.15. The van der Waals surface area contributed by atoms with Crippen LogP contribution in [0.3, 0.4) is 0 Å². The Morgan fingerprint density at radius 1 is 1.08 bits per heavy atom. The monoisotopic (exact) mass is 352 g/mol. The van der Waals surface area contributed by atoms with Gasteiger partial charge < -0.3 is 0 Å². The molecule has 0 spiro atoms. The summed E-state index contributed by atoms with van der Waals surface area (Å²) < 4.78 is 0. The highest BCUT2D eigenvalue weighted by atomic mass is 16.6. The average molecular weight is 352 g/mol. The highest BCUT2D eigenvalue weighted by Crippen LogP contribution is 2.29. The van der Waals surface area contributed by atoms with Crippen LogP contribution in [0.2, 0.25) is 0 Å². The smallest absolute Gasteiger partial charge is 0.277 e. The van der Waals surface area contributed by atoms with Crippen molar-refractivity contribution in [3.8, 4) is 11.3 Å². The number of aromatic nitrogens is 2. The fourth-order valence-corrected chi connectivity index (χ4v) is 2.28. The lowest BCUT2D eigenvalue weighted by molar-refractivity contribution is -0.393. The van der Waals surface area contributed by atoms with Gasteiger partial charge in [-0.1, -0.05) is 30.3 Å². The molecule has 26 heavy (non-hydrogen) atoms. The van der Waals surface area contributed by atoms with Crippen LogP contribution in [0, 0.1) is 20.2 Å². The molecule has 2 aromatic carbocycles. The third-order valence-electron chi connectivity index (χ3n) is 3.51. The molecule has 130 valence electrons. The molecule has 1 heterocycles. The van der Waals surface area contributed by atoms with Crippen LogP contribution in [-0.2, 0) is 0 Å². The maximum Gasteiger partial charge on any atom is 0.301 e. The number of rotatable bonds is 6. The first-order valence-electron chi connectivity index (χ1n) is 7.37. The fourth-order valence-electron chi connectivity index (χ4n) is 2.28. The van der Waals surface area contributed by atoms with E-state index in [-0.39, 0.29) is 11.4 Å². The molecule has 0 saturated carbocycles. The average Bonchev–Trinajstić information content (AvgIpc) is 3.11. The summed E-state index contributed by atoms with van der Waals surface area (Å²) in [5.41, 5.74) is 4.11. The second-order valence-corrected chi connectivity index (χ2v) is 5.15. The molecule has 0 saturated heterocycles. The number of benzene rings is 2. The SMILES string of the molecule is O=[N+]([O-])c1ccc(N/N=C/c2cn[nH]c2-c2ccccc2)c([N+](=O)[O-])c1. The number of nitrogens with one attached hydrogen (secondary N) is 2. The Balaban J connectivity index is 1.83. The summed E-state index contributed by atoms with van der Waals surface area (Å²) in [5.74, 6) is 0. The minimum absolute atomic E-state index is 0.0432. The van der Waals surface area contributed by atoms with Crippen molar-refractivity contribution < 1.29 is 9.85 Å². The zero-order valence-electron chi connectivity index (χ0n) is 13.2. The molecule has 3 aromatic rings. The third-order valence-corrected chi connectivity index (χ3v) is 3.51. The van der Waals surface area contributed by atoms with E-state index in [0.29, 0.717) is 5.56 Å². The molecule has 3 rings (SSSR count). The summed E-state index contributed by atoms with van der Waals surface area (Å²) in [5, 5.41) is 32.7. The fraction of sp³-hybridized carbons (Fsp3) is 0. The lowest BCUT2D eigenvalue weighted by Gasteiger charge is -2.02. The van der Waals surface area contributed by atoms with Gasteiger partial charge in [0.1, 0.15) is 5.69 Å². The van der Waals surface area contributed by atoms with Crippen LogP contribution in [-0.4, -0.2) is 26.3 Å². The van der Waals surface area contributed by atoms with Crippen LogP contribution in [0.5, 0.6) is 0 Å². The quantitative estimate of drug-likeness (QED) is 0.396. The van der Waals surface area contributed by atoms with Crippen molar-refractivity contribution in [2.75, 3.05) is 5.43 Å².